The minimum Gasteiger partial charge on any atom is -0.405 e. The lowest BCUT2D eigenvalue weighted by Crippen LogP contribution is -2.28. The monoisotopic (exact) mass is 402 g/mol. The number of para-hydroxylation sites is 1. The maximum Gasteiger partial charge on any atom is 0.573 e. The maximum absolute atomic E-state index is 12.5. The Hall–Kier alpha value is -2.55. The highest BCUT2D eigenvalue weighted by Crippen LogP contribution is 2.26. The van der Waals surface area contributed by atoms with Gasteiger partial charge in [-0.2, -0.15) is 0 Å². The number of carbonyl (C=O) groups excluding carboxylic acids is 1. The van der Waals surface area contributed by atoms with E-state index in [0.29, 0.717) is 19.0 Å². The van der Waals surface area contributed by atoms with E-state index in [2.05, 4.69) is 20.0 Å². The van der Waals surface area contributed by atoms with Crippen LogP contribution in [0.15, 0.2) is 30.5 Å². The molecule has 2 aromatic rings. The smallest absolute Gasteiger partial charge is 0.405 e. The Kier molecular flexibility index (Phi) is 6.84. The van der Waals surface area contributed by atoms with Crippen molar-refractivity contribution in [3.05, 3.63) is 46.7 Å². The first-order valence-electron chi connectivity index (χ1n) is 8.14. The zero-order valence-corrected chi connectivity index (χ0v) is 15.4. The van der Waals surface area contributed by atoms with Crippen molar-refractivity contribution >= 4 is 23.5 Å². The van der Waals surface area contributed by atoms with E-state index in [1.807, 2.05) is 18.7 Å². The van der Waals surface area contributed by atoms with Crippen molar-refractivity contribution in [3.8, 4) is 5.75 Å². The Morgan fingerprint density at radius 3 is 2.56 bits per heavy atom. The molecule has 1 N–H and O–H groups in total. The van der Waals surface area contributed by atoms with E-state index in [1.54, 1.807) is 6.07 Å². The van der Waals surface area contributed by atoms with Crippen molar-refractivity contribution in [1.29, 1.82) is 0 Å². The Balaban J connectivity index is 2.16. The number of carbonyl (C=O) groups is 1. The first kappa shape index (κ1) is 20.8. The van der Waals surface area contributed by atoms with Gasteiger partial charge in [0.1, 0.15) is 5.75 Å². The van der Waals surface area contributed by atoms with E-state index in [9.17, 15) is 18.0 Å². The second-order valence-corrected chi connectivity index (χ2v) is 5.78. The summed E-state index contributed by atoms with van der Waals surface area (Å²) in [4.78, 5) is 22.5. The van der Waals surface area contributed by atoms with Crippen molar-refractivity contribution in [2.24, 2.45) is 0 Å². The van der Waals surface area contributed by atoms with Gasteiger partial charge in [-0.05, 0) is 19.9 Å². The normalized spacial score (nSPS) is 11.2. The van der Waals surface area contributed by atoms with Crippen LogP contribution in [0.4, 0.5) is 19.1 Å². The lowest BCUT2D eigenvalue weighted by Gasteiger charge is -2.19. The van der Waals surface area contributed by atoms with Crippen LogP contribution in [0.1, 0.15) is 29.9 Å². The van der Waals surface area contributed by atoms with Gasteiger partial charge in [-0.3, -0.25) is 4.79 Å². The molecule has 0 aliphatic carbocycles. The van der Waals surface area contributed by atoms with E-state index in [4.69, 9.17) is 11.6 Å². The number of anilines is 1. The molecule has 2 rings (SSSR count). The number of hydrogen-bond donors (Lipinski definition) is 1. The number of alkyl halides is 3. The van der Waals surface area contributed by atoms with Gasteiger partial charge in [0.2, 0.25) is 5.95 Å². The molecule has 0 unspecified atom stereocenters. The summed E-state index contributed by atoms with van der Waals surface area (Å²) in [6, 6.07) is 5.54. The summed E-state index contributed by atoms with van der Waals surface area (Å²) >= 11 is 6.00. The summed E-state index contributed by atoms with van der Waals surface area (Å²) in [5.74, 6) is -0.670. The number of aromatic nitrogens is 2. The van der Waals surface area contributed by atoms with Crippen LogP contribution in [0.2, 0.25) is 5.02 Å². The third kappa shape index (κ3) is 5.72. The number of halogens is 4. The Morgan fingerprint density at radius 2 is 1.93 bits per heavy atom. The van der Waals surface area contributed by atoms with Gasteiger partial charge in [-0.15, -0.1) is 13.2 Å². The predicted octanol–water partition coefficient (Wildman–Crippen LogP) is 3.80. The van der Waals surface area contributed by atoms with Gasteiger partial charge in [-0.25, -0.2) is 9.97 Å². The van der Waals surface area contributed by atoms with E-state index < -0.39 is 12.3 Å². The van der Waals surface area contributed by atoms with Crippen LogP contribution in [0.5, 0.6) is 5.75 Å². The van der Waals surface area contributed by atoms with Crippen molar-refractivity contribution in [2.45, 2.75) is 26.8 Å². The summed E-state index contributed by atoms with van der Waals surface area (Å²) < 4.78 is 41.4. The number of nitrogens with zero attached hydrogens (tertiary/aromatic N) is 3. The Labute approximate surface area is 159 Å². The van der Waals surface area contributed by atoms with Crippen molar-refractivity contribution in [1.82, 2.24) is 15.3 Å². The Morgan fingerprint density at radius 1 is 1.26 bits per heavy atom. The second-order valence-electron chi connectivity index (χ2n) is 5.38. The van der Waals surface area contributed by atoms with E-state index in [0.717, 1.165) is 0 Å². The van der Waals surface area contributed by atoms with Gasteiger partial charge >= 0.3 is 6.36 Å². The number of benzene rings is 1. The lowest BCUT2D eigenvalue weighted by atomic mass is 10.2. The standard InChI is InChI=1S/C17H18ClF3N4O2/c1-3-25(4-2)16-23-10-12(18)14(24-16)15(26)22-9-11-7-5-6-8-13(11)27-17(19,20)21/h5-8,10H,3-4,9H2,1-2H3,(H,22,26). The largest absolute Gasteiger partial charge is 0.573 e. The molecule has 1 aromatic heterocycles. The highest BCUT2D eigenvalue weighted by Gasteiger charge is 2.32. The summed E-state index contributed by atoms with van der Waals surface area (Å²) in [5, 5.41) is 2.55. The second kappa shape index (κ2) is 8.90. The SMILES string of the molecule is CCN(CC)c1ncc(Cl)c(C(=O)NCc2ccccc2OC(F)(F)F)n1. The molecule has 1 amide bonds. The van der Waals surface area contributed by atoms with Crippen molar-refractivity contribution in [2.75, 3.05) is 18.0 Å². The zero-order chi connectivity index (χ0) is 20.0. The average molecular weight is 403 g/mol. The van der Waals surface area contributed by atoms with Gasteiger partial charge < -0.3 is 15.0 Å². The summed E-state index contributed by atoms with van der Waals surface area (Å²) in [6.45, 7) is 4.92. The predicted molar refractivity (Wildman–Crippen MR) is 94.9 cm³/mol. The van der Waals surface area contributed by atoms with Crippen molar-refractivity contribution < 1.29 is 22.7 Å². The van der Waals surface area contributed by atoms with E-state index in [1.165, 1.54) is 24.4 Å². The van der Waals surface area contributed by atoms with E-state index >= 15 is 0 Å². The highest BCUT2D eigenvalue weighted by molar-refractivity contribution is 6.33. The molecular formula is C17H18ClF3N4O2. The lowest BCUT2D eigenvalue weighted by molar-refractivity contribution is -0.274. The van der Waals surface area contributed by atoms with Crippen LogP contribution in [-0.2, 0) is 6.54 Å². The minimum atomic E-state index is -4.82. The number of amides is 1. The van der Waals surface area contributed by atoms with Crippen LogP contribution in [0, 0.1) is 0 Å². The molecule has 27 heavy (non-hydrogen) atoms. The first-order valence-corrected chi connectivity index (χ1v) is 8.52. The first-order chi connectivity index (χ1) is 12.7. The summed E-state index contributed by atoms with van der Waals surface area (Å²) in [7, 11) is 0. The van der Waals surface area contributed by atoms with Crippen LogP contribution in [0.3, 0.4) is 0 Å². The molecule has 1 aromatic carbocycles. The van der Waals surface area contributed by atoms with Crippen LogP contribution < -0.4 is 15.0 Å². The molecule has 0 bridgehead atoms. The van der Waals surface area contributed by atoms with Crippen LogP contribution in [-0.4, -0.2) is 35.3 Å². The topological polar surface area (TPSA) is 67.4 Å². The number of hydrogen-bond acceptors (Lipinski definition) is 5. The fourth-order valence-corrected chi connectivity index (χ4v) is 2.49. The van der Waals surface area contributed by atoms with Crippen LogP contribution >= 0.6 is 11.6 Å². The van der Waals surface area contributed by atoms with Gasteiger partial charge in [-0.1, -0.05) is 29.8 Å². The molecule has 0 saturated heterocycles. The minimum absolute atomic E-state index is 0.0447. The third-order valence-corrected chi connectivity index (χ3v) is 3.91. The quantitative estimate of drug-likeness (QED) is 0.763. The molecule has 146 valence electrons. The molecule has 0 aliphatic rings. The van der Waals surface area contributed by atoms with E-state index in [-0.39, 0.29) is 28.6 Å². The molecule has 0 spiro atoms. The fraction of sp³-hybridized carbons (Fsp3) is 0.353. The molecule has 0 radical (unpaired) electrons. The zero-order valence-electron chi connectivity index (χ0n) is 14.7. The molecule has 0 saturated carbocycles. The molecule has 1 heterocycles. The third-order valence-electron chi connectivity index (χ3n) is 3.63. The van der Waals surface area contributed by atoms with Crippen LogP contribution in [0.25, 0.3) is 0 Å². The highest BCUT2D eigenvalue weighted by atomic mass is 35.5. The summed E-state index contributed by atoms with van der Waals surface area (Å²) in [6.07, 6.45) is -3.51. The molecule has 0 aliphatic heterocycles. The number of nitrogens with one attached hydrogen (secondary N) is 1. The number of ether oxygens (including phenoxy) is 1. The van der Waals surface area contributed by atoms with Crippen molar-refractivity contribution in [3.63, 3.8) is 0 Å². The molecular weight excluding hydrogens is 385 g/mol. The van der Waals surface area contributed by atoms with Gasteiger partial charge in [0.15, 0.2) is 5.69 Å². The molecule has 0 atom stereocenters. The molecule has 10 heteroatoms. The van der Waals surface area contributed by atoms with Gasteiger partial charge in [0, 0.05) is 25.2 Å². The molecule has 6 nitrogen and oxygen atoms in total. The fourth-order valence-electron chi connectivity index (χ4n) is 2.31. The number of rotatable bonds is 7. The average Bonchev–Trinajstić information content (AvgIpc) is 2.61. The summed E-state index contributed by atoms with van der Waals surface area (Å²) in [5.41, 5.74) is 0.111. The maximum atomic E-state index is 12.5. The van der Waals surface area contributed by atoms with Gasteiger partial charge in [0.05, 0.1) is 11.2 Å². The van der Waals surface area contributed by atoms with Gasteiger partial charge in [0.25, 0.3) is 5.91 Å². The molecule has 0 fully saturated rings. The Bertz CT molecular complexity index is 798.